The number of carboxylic acids is 1. The van der Waals surface area contributed by atoms with Crippen molar-refractivity contribution in [3.63, 3.8) is 0 Å². The van der Waals surface area contributed by atoms with Crippen molar-refractivity contribution in [2.75, 3.05) is 0 Å². The highest BCUT2D eigenvalue weighted by molar-refractivity contribution is 5.91. The molecule has 0 aliphatic rings. The van der Waals surface area contributed by atoms with E-state index < -0.39 is 5.97 Å². The van der Waals surface area contributed by atoms with E-state index in [0.29, 0.717) is 17.5 Å². The number of hydrogen-bond acceptors (Lipinski definition) is 1. The molecule has 1 aromatic rings. The van der Waals surface area contributed by atoms with Crippen LogP contribution in [0.1, 0.15) is 28.4 Å². The molecule has 0 spiro atoms. The molecule has 0 aliphatic carbocycles. The molecule has 2 nitrogen and oxygen atoms in total. The predicted octanol–water partition coefficient (Wildman–Crippen LogP) is 2.39. The molecule has 0 unspecified atom stereocenters. The maximum absolute atomic E-state index is 12.9. The summed E-state index contributed by atoms with van der Waals surface area (Å²) < 4.78 is 12.9. The van der Waals surface area contributed by atoms with Gasteiger partial charge in [0.1, 0.15) is 5.82 Å². The summed E-state index contributed by atoms with van der Waals surface area (Å²) in [4.78, 5) is 10.8. The second kappa shape index (κ2) is 3.56. The van der Waals surface area contributed by atoms with Crippen LogP contribution in [0.25, 0.3) is 0 Å². The summed E-state index contributed by atoms with van der Waals surface area (Å²) in [5.74, 6) is -1.37. The molecule has 1 aromatic carbocycles. The molecule has 3 heteroatoms. The standard InChI is InChI=1S/C10H11FO2/c1-3-7-5-8(11)4-6(2)9(7)10(12)13/h4-5H,3H2,1-2H3,(H,12,13). The van der Waals surface area contributed by atoms with Gasteiger partial charge in [-0.15, -0.1) is 0 Å². The number of carbonyl (C=O) groups is 1. The molecule has 1 N–H and O–H groups in total. The van der Waals surface area contributed by atoms with Crippen LogP contribution in [0.5, 0.6) is 0 Å². The smallest absolute Gasteiger partial charge is 0.336 e. The first-order valence-corrected chi connectivity index (χ1v) is 4.08. The maximum Gasteiger partial charge on any atom is 0.336 e. The van der Waals surface area contributed by atoms with Crippen molar-refractivity contribution in [3.8, 4) is 0 Å². The molecule has 0 fully saturated rings. The number of benzene rings is 1. The Morgan fingerprint density at radius 3 is 2.62 bits per heavy atom. The number of aromatic carboxylic acids is 1. The van der Waals surface area contributed by atoms with Crippen LogP contribution >= 0.6 is 0 Å². The van der Waals surface area contributed by atoms with Crippen molar-refractivity contribution in [2.45, 2.75) is 20.3 Å². The zero-order valence-corrected chi connectivity index (χ0v) is 7.60. The summed E-state index contributed by atoms with van der Waals surface area (Å²) in [7, 11) is 0. The third-order valence-electron chi connectivity index (χ3n) is 1.98. The average Bonchev–Trinajstić information content (AvgIpc) is 2.01. The van der Waals surface area contributed by atoms with Crippen LogP contribution in [0.2, 0.25) is 0 Å². The molecule has 0 atom stereocenters. The van der Waals surface area contributed by atoms with Gasteiger partial charge in [0.05, 0.1) is 5.56 Å². The van der Waals surface area contributed by atoms with E-state index >= 15 is 0 Å². The van der Waals surface area contributed by atoms with Crippen LogP contribution in [0.3, 0.4) is 0 Å². The molecule has 13 heavy (non-hydrogen) atoms. The highest BCUT2D eigenvalue weighted by Gasteiger charge is 2.13. The zero-order valence-electron chi connectivity index (χ0n) is 7.60. The fourth-order valence-electron chi connectivity index (χ4n) is 1.40. The molecular formula is C10H11FO2. The van der Waals surface area contributed by atoms with Gasteiger partial charge in [-0.3, -0.25) is 0 Å². The lowest BCUT2D eigenvalue weighted by atomic mass is 10.00. The summed E-state index contributed by atoms with van der Waals surface area (Å²) in [5.41, 5.74) is 1.25. The fourth-order valence-corrected chi connectivity index (χ4v) is 1.40. The van der Waals surface area contributed by atoms with Crippen LogP contribution < -0.4 is 0 Å². The average molecular weight is 182 g/mol. The van der Waals surface area contributed by atoms with Crippen LogP contribution in [0.4, 0.5) is 4.39 Å². The Balaban J connectivity index is 3.38. The summed E-state index contributed by atoms with van der Waals surface area (Å²) in [6, 6.07) is 2.51. The van der Waals surface area contributed by atoms with E-state index in [1.807, 2.05) is 0 Å². The van der Waals surface area contributed by atoms with E-state index in [4.69, 9.17) is 5.11 Å². The highest BCUT2D eigenvalue weighted by Crippen LogP contribution is 2.17. The second-order valence-electron chi connectivity index (χ2n) is 2.92. The number of hydrogen-bond donors (Lipinski definition) is 1. The van der Waals surface area contributed by atoms with Gasteiger partial charge in [-0.1, -0.05) is 6.92 Å². The molecule has 1 rings (SSSR count). The number of aryl methyl sites for hydroxylation is 2. The lowest BCUT2D eigenvalue weighted by Crippen LogP contribution is -2.05. The first kappa shape index (κ1) is 9.71. The Bertz CT molecular complexity index is 345. The molecule has 0 saturated carbocycles. The lowest BCUT2D eigenvalue weighted by molar-refractivity contribution is 0.0695. The van der Waals surface area contributed by atoms with Crippen molar-refractivity contribution >= 4 is 5.97 Å². The third-order valence-corrected chi connectivity index (χ3v) is 1.98. The molecule has 0 aromatic heterocycles. The molecule has 0 heterocycles. The van der Waals surface area contributed by atoms with Crippen molar-refractivity contribution < 1.29 is 14.3 Å². The Labute approximate surface area is 76.0 Å². The van der Waals surface area contributed by atoms with E-state index in [0.717, 1.165) is 0 Å². The van der Waals surface area contributed by atoms with Gasteiger partial charge in [-0.25, -0.2) is 9.18 Å². The first-order valence-electron chi connectivity index (χ1n) is 4.08. The normalized spacial score (nSPS) is 10.1. The van der Waals surface area contributed by atoms with Crippen molar-refractivity contribution in [1.29, 1.82) is 0 Å². The highest BCUT2D eigenvalue weighted by atomic mass is 19.1. The molecule has 0 aliphatic heterocycles. The number of carboxylic acid groups (broad SMARTS) is 1. The minimum absolute atomic E-state index is 0.226. The maximum atomic E-state index is 12.9. The summed E-state index contributed by atoms with van der Waals surface area (Å²) in [5, 5.41) is 8.85. The molecule has 0 radical (unpaired) electrons. The largest absolute Gasteiger partial charge is 0.478 e. The minimum Gasteiger partial charge on any atom is -0.478 e. The van der Waals surface area contributed by atoms with Crippen LogP contribution in [0.15, 0.2) is 12.1 Å². The van der Waals surface area contributed by atoms with Crippen molar-refractivity contribution in [2.24, 2.45) is 0 Å². The van der Waals surface area contributed by atoms with Crippen molar-refractivity contribution in [3.05, 3.63) is 34.6 Å². The van der Waals surface area contributed by atoms with Gasteiger partial charge in [-0.05, 0) is 36.6 Å². The van der Waals surface area contributed by atoms with Crippen LogP contribution in [-0.2, 0) is 6.42 Å². The van der Waals surface area contributed by atoms with Crippen LogP contribution in [0, 0.1) is 12.7 Å². The van der Waals surface area contributed by atoms with Gasteiger partial charge in [0.15, 0.2) is 0 Å². The fraction of sp³-hybridized carbons (Fsp3) is 0.300. The molecule has 0 bridgehead atoms. The Hall–Kier alpha value is -1.38. The Kier molecular flexibility index (Phi) is 2.66. The zero-order chi connectivity index (χ0) is 10.0. The Morgan fingerprint density at radius 2 is 2.15 bits per heavy atom. The van der Waals surface area contributed by atoms with Gasteiger partial charge in [-0.2, -0.15) is 0 Å². The molecule has 70 valence electrons. The number of halogens is 1. The van der Waals surface area contributed by atoms with E-state index in [9.17, 15) is 9.18 Å². The number of rotatable bonds is 2. The summed E-state index contributed by atoms with van der Waals surface area (Å²) in [6.45, 7) is 3.41. The van der Waals surface area contributed by atoms with Gasteiger partial charge in [0, 0.05) is 0 Å². The summed E-state index contributed by atoms with van der Waals surface area (Å²) in [6.07, 6.45) is 0.528. The molecular weight excluding hydrogens is 171 g/mol. The van der Waals surface area contributed by atoms with Gasteiger partial charge >= 0.3 is 5.97 Å². The second-order valence-corrected chi connectivity index (χ2v) is 2.92. The molecule has 0 saturated heterocycles. The van der Waals surface area contributed by atoms with Crippen LogP contribution in [-0.4, -0.2) is 11.1 Å². The van der Waals surface area contributed by atoms with E-state index in [-0.39, 0.29) is 11.4 Å². The van der Waals surface area contributed by atoms with Crippen molar-refractivity contribution in [1.82, 2.24) is 0 Å². The minimum atomic E-state index is -0.991. The van der Waals surface area contributed by atoms with Gasteiger partial charge in [0.2, 0.25) is 0 Å². The van der Waals surface area contributed by atoms with E-state index in [2.05, 4.69) is 0 Å². The van der Waals surface area contributed by atoms with E-state index in [1.165, 1.54) is 12.1 Å². The van der Waals surface area contributed by atoms with Gasteiger partial charge in [0.25, 0.3) is 0 Å². The Morgan fingerprint density at radius 1 is 1.54 bits per heavy atom. The SMILES string of the molecule is CCc1cc(F)cc(C)c1C(=O)O. The summed E-state index contributed by atoms with van der Waals surface area (Å²) >= 11 is 0. The monoisotopic (exact) mass is 182 g/mol. The third kappa shape index (κ3) is 1.86. The molecule has 0 amide bonds. The first-order chi connectivity index (χ1) is 6.06. The lowest BCUT2D eigenvalue weighted by Gasteiger charge is -2.06. The predicted molar refractivity (Wildman–Crippen MR) is 47.5 cm³/mol. The quantitative estimate of drug-likeness (QED) is 0.762. The van der Waals surface area contributed by atoms with Gasteiger partial charge < -0.3 is 5.11 Å². The van der Waals surface area contributed by atoms with E-state index in [1.54, 1.807) is 13.8 Å². The topological polar surface area (TPSA) is 37.3 Å².